The van der Waals surface area contributed by atoms with Crippen LogP contribution in [0.2, 0.25) is 0 Å². The van der Waals surface area contributed by atoms with Crippen LogP contribution in [0, 0.1) is 0 Å². The number of carbonyl (C=O) groups excluding carboxylic acids is 1. The number of carboxylic acid groups (broad SMARTS) is 1. The number of methoxy groups -OCH3 is 1. The van der Waals surface area contributed by atoms with E-state index in [-0.39, 0.29) is 24.4 Å². The number of rotatable bonds is 6. The second kappa shape index (κ2) is 9.14. The fourth-order valence-corrected chi connectivity index (χ4v) is 3.08. The lowest BCUT2D eigenvalue weighted by Crippen LogP contribution is -2.55. The van der Waals surface area contributed by atoms with Gasteiger partial charge in [-0.1, -0.05) is 30.3 Å². The number of aromatic carboxylic acids is 1. The van der Waals surface area contributed by atoms with Gasteiger partial charge in [0.1, 0.15) is 18.8 Å². The number of anilines is 1. The van der Waals surface area contributed by atoms with Gasteiger partial charge in [-0.05, 0) is 12.0 Å². The van der Waals surface area contributed by atoms with Crippen LogP contribution in [0.25, 0.3) is 0 Å². The van der Waals surface area contributed by atoms with Crippen LogP contribution in [0.1, 0.15) is 22.5 Å². The van der Waals surface area contributed by atoms with Crippen LogP contribution >= 0.6 is 0 Å². The van der Waals surface area contributed by atoms with E-state index in [0.29, 0.717) is 25.3 Å². The van der Waals surface area contributed by atoms with Crippen LogP contribution < -0.4 is 10.2 Å². The Bertz CT molecular complexity index is 817. The molecule has 2 unspecified atom stereocenters. The van der Waals surface area contributed by atoms with Crippen LogP contribution in [0.3, 0.4) is 0 Å². The molecular weight excluding hydrogens is 364 g/mol. The zero-order valence-electron chi connectivity index (χ0n) is 15.4. The molecule has 1 fully saturated rings. The molecule has 0 radical (unpaired) electrons. The van der Waals surface area contributed by atoms with Crippen molar-refractivity contribution in [1.82, 2.24) is 15.3 Å². The maximum absolute atomic E-state index is 12.1. The summed E-state index contributed by atoms with van der Waals surface area (Å²) in [6.07, 6.45) is 1.04. The van der Waals surface area contributed by atoms with E-state index in [1.54, 1.807) is 7.11 Å². The van der Waals surface area contributed by atoms with Gasteiger partial charge in [0.25, 0.3) is 0 Å². The van der Waals surface area contributed by atoms with E-state index in [9.17, 15) is 9.59 Å². The highest BCUT2D eigenvalue weighted by Gasteiger charge is 2.31. The Kier molecular flexibility index (Phi) is 6.38. The third kappa shape index (κ3) is 4.95. The van der Waals surface area contributed by atoms with Gasteiger partial charge in [0.05, 0.1) is 12.1 Å². The number of aromatic nitrogens is 2. The van der Waals surface area contributed by atoms with E-state index in [4.69, 9.17) is 14.6 Å². The van der Waals surface area contributed by atoms with Crippen LogP contribution in [0.4, 0.5) is 10.6 Å². The third-order valence-electron chi connectivity index (χ3n) is 4.57. The Balaban J connectivity index is 1.56. The lowest BCUT2D eigenvalue weighted by Gasteiger charge is -2.38. The minimum atomic E-state index is -1.11. The molecule has 2 N–H and O–H groups in total. The summed E-state index contributed by atoms with van der Waals surface area (Å²) in [5.74, 6) is -0.593. The molecule has 1 saturated heterocycles. The summed E-state index contributed by atoms with van der Waals surface area (Å²) in [5.41, 5.74) is 0.845. The second-order valence-corrected chi connectivity index (χ2v) is 6.39. The first-order chi connectivity index (χ1) is 13.6. The zero-order valence-corrected chi connectivity index (χ0v) is 15.4. The smallest absolute Gasteiger partial charge is 0.407 e. The van der Waals surface area contributed by atoms with E-state index in [2.05, 4.69) is 15.3 Å². The number of carbonyl (C=O) groups is 2. The first-order valence-electron chi connectivity index (χ1n) is 8.87. The van der Waals surface area contributed by atoms with Crippen LogP contribution in [0.15, 0.2) is 42.7 Å². The summed E-state index contributed by atoms with van der Waals surface area (Å²) in [7, 11) is 1.57. The number of benzene rings is 1. The van der Waals surface area contributed by atoms with Gasteiger partial charge in [-0.25, -0.2) is 19.6 Å². The first-order valence-corrected chi connectivity index (χ1v) is 8.87. The summed E-state index contributed by atoms with van der Waals surface area (Å²) in [4.78, 5) is 33.0. The van der Waals surface area contributed by atoms with E-state index in [0.717, 1.165) is 5.56 Å². The molecule has 9 nitrogen and oxygen atoms in total. The van der Waals surface area contributed by atoms with Gasteiger partial charge in [-0.15, -0.1) is 0 Å². The molecule has 9 heteroatoms. The highest BCUT2D eigenvalue weighted by Crippen LogP contribution is 2.20. The van der Waals surface area contributed by atoms with E-state index < -0.39 is 12.1 Å². The molecule has 0 spiro atoms. The first kappa shape index (κ1) is 19.6. The maximum atomic E-state index is 12.1. The number of alkyl carbamates (subject to hydrolysis) is 1. The Morgan fingerprint density at radius 3 is 2.79 bits per heavy atom. The number of amides is 1. The van der Waals surface area contributed by atoms with Crippen LogP contribution in [-0.2, 0) is 16.1 Å². The molecule has 0 saturated carbocycles. The zero-order chi connectivity index (χ0) is 19.9. The van der Waals surface area contributed by atoms with Gasteiger partial charge in [0, 0.05) is 26.3 Å². The van der Waals surface area contributed by atoms with E-state index >= 15 is 0 Å². The van der Waals surface area contributed by atoms with Gasteiger partial charge >= 0.3 is 12.1 Å². The Labute approximate surface area is 162 Å². The van der Waals surface area contributed by atoms with Crippen molar-refractivity contribution in [3.8, 4) is 0 Å². The standard InChI is InChI=1S/C19H22N4O5/c1-27-16-10-23(17-9-15(18(24)25)20-12-21-17)8-7-14(16)22-19(26)28-11-13-5-3-2-4-6-13/h2-6,9,12,14,16H,7-8,10-11H2,1H3,(H,22,26)(H,24,25). The summed E-state index contributed by atoms with van der Waals surface area (Å²) in [5, 5.41) is 11.9. The van der Waals surface area contributed by atoms with Gasteiger partial charge in [-0.3, -0.25) is 0 Å². The minimum Gasteiger partial charge on any atom is -0.477 e. The summed E-state index contributed by atoms with van der Waals surface area (Å²) in [6, 6.07) is 10.7. The molecule has 0 aliphatic carbocycles. The maximum Gasteiger partial charge on any atom is 0.407 e. The molecule has 1 aromatic heterocycles. The second-order valence-electron chi connectivity index (χ2n) is 6.39. The number of piperidine rings is 1. The third-order valence-corrected chi connectivity index (χ3v) is 4.57. The molecule has 1 amide bonds. The number of nitrogens with zero attached hydrogens (tertiary/aromatic N) is 3. The van der Waals surface area contributed by atoms with Crippen molar-refractivity contribution in [3.05, 3.63) is 54.0 Å². The molecule has 1 aromatic carbocycles. The summed E-state index contributed by atoms with van der Waals surface area (Å²) < 4.78 is 10.8. The van der Waals surface area contributed by atoms with Crippen molar-refractivity contribution in [2.24, 2.45) is 0 Å². The molecule has 2 atom stereocenters. The number of ether oxygens (including phenoxy) is 2. The van der Waals surface area contributed by atoms with Gasteiger partial charge in [-0.2, -0.15) is 0 Å². The fraction of sp³-hybridized carbons (Fsp3) is 0.368. The van der Waals surface area contributed by atoms with Crippen molar-refractivity contribution in [2.45, 2.75) is 25.2 Å². The Morgan fingerprint density at radius 2 is 2.07 bits per heavy atom. The van der Waals surface area contributed by atoms with Crippen molar-refractivity contribution in [1.29, 1.82) is 0 Å². The largest absolute Gasteiger partial charge is 0.477 e. The van der Waals surface area contributed by atoms with Gasteiger partial charge in [0.15, 0.2) is 5.69 Å². The topological polar surface area (TPSA) is 114 Å². The van der Waals surface area contributed by atoms with Crippen molar-refractivity contribution in [3.63, 3.8) is 0 Å². The summed E-state index contributed by atoms with van der Waals surface area (Å²) >= 11 is 0. The minimum absolute atomic E-state index is 0.0660. The van der Waals surface area contributed by atoms with E-state index in [1.165, 1.54) is 12.4 Å². The predicted molar refractivity (Wildman–Crippen MR) is 100 cm³/mol. The highest BCUT2D eigenvalue weighted by molar-refractivity contribution is 5.86. The predicted octanol–water partition coefficient (Wildman–Crippen LogP) is 1.69. The van der Waals surface area contributed by atoms with Crippen molar-refractivity contribution in [2.75, 3.05) is 25.1 Å². The number of carboxylic acids is 1. The molecule has 0 bridgehead atoms. The highest BCUT2D eigenvalue weighted by atomic mass is 16.5. The molecule has 2 aromatic rings. The fourth-order valence-electron chi connectivity index (χ4n) is 3.08. The SMILES string of the molecule is COC1CN(c2cc(C(=O)O)ncn2)CCC1NC(=O)OCc1ccccc1. The number of nitrogens with one attached hydrogen (secondary N) is 1. The molecule has 148 valence electrons. The monoisotopic (exact) mass is 386 g/mol. The van der Waals surface area contributed by atoms with Crippen molar-refractivity contribution < 1.29 is 24.2 Å². The normalized spacial score (nSPS) is 19.1. The van der Waals surface area contributed by atoms with Crippen molar-refractivity contribution >= 4 is 17.9 Å². The molecule has 3 rings (SSSR count). The molecule has 2 heterocycles. The molecule has 1 aliphatic rings. The average molecular weight is 386 g/mol. The number of hydrogen-bond donors (Lipinski definition) is 2. The van der Waals surface area contributed by atoms with Crippen LogP contribution in [-0.4, -0.2) is 59.5 Å². The Morgan fingerprint density at radius 1 is 1.29 bits per heavy atom. The quantitative estimate of drug-likeness (QED) is 0.771. The van der Waals surface area contributed by atoms with Gasteiger partial charge in [0.2, 0.25) is 0 Å². The lowest BCUT2D eigenvalue weighted by molar-refractivity contribution is 0.0544. The molecular formula is C19H22N4O5. The Hall–Kier alpha value is -3.20. The average Bonchev–Trinajstić information content (AvgIpc) is 2.73. The summed E-state index contributed by atoms with van der Waals surface area (Å²) in [6.45, 7) is 1.23. The van der Waals surface area contributed by atoms with Gasteiger partial charge < -0.3 is 24.8 Å². The van der Waals surface area contributed by atoms with E-state index in [1.807, 2.05) is 35.2 Å². The molecule has 28 heavy (non-hydrogen) atoms. The molecule has 1 aliphatic heterocycles. The number of hydrogen-bond acceptors (Lipinski definition) is 7. The van der Waals surface area contributed by atoms with Crippen LogP contribution in [0.5, 0.6) is 0 Å². The lowest BCUT2D eigenvalue weighted by atomic mass is 10.0.